The number of aliphatic hydroxyl groups is 2. The molecule has 2 N–H and O–H groups in total. The van der Waals surface area contributed by atoms with Gasteiger partial charge in [-0.1, -0.05) is 42.5 Å². The number of benzene rings is 2. The normalized spacial score (nSPS) is 19.7. The summed E-state index contributed by atoms with van der Waals surface area (Å²) in [7, 11) is 0. The van der Waals surface area contributed by atoms with Gasteiger partial charge in [-0.2, -0.15) is 0 Å². The summed E-state index contributed by atoms with van der Waals surface area (Å²) in [5.74, 6) is 0.111. The lowest BCUT2D eigenvalue weighted by atomic mass is 9.87. The Morgan fingerprint density at radius 1 is 0.889 bits per heavy atom. The number of hydrogen-bond donors (Lipinski definition) is 2. The highest BCUT2D eigenvalue weighted by atomic mass is 16.3. The zero-order valence-electron chi connectivity index (χ0n) is 9.72. The molecule has 2 aromatic carbocycles. The van der Waals surface area contributed by atoms with Crippen LogP contribution in [-0.2, 0) is 6.42 Å². The molecule has 0 aromatic heterocycles. The average Bonchev–Trinajstić information content (AvgIpc) is 2.73. The van der Waals surface area contributed by atoms with E-state index in [9.17, 15) is 10.2 Å². The van der Waals surface area contributed by atoms with Gasteiger partial charge >= 0.3 is 0 Å². The molecule has 1 atom stereocenters. The Bertz CT molecular complexity index is 698. The maximum atomic E-state index is 10.2. The van der Waals surface area contributed by atoms with Crippen LogP contribution in [0.5, 0.6) is 0 Å². The van der Waals surface area contributed by atoms with E-state index in [4.69, 9.17) is 0 Å². The molecule has 2 nitrogen and oxygen atoms in total. The van der Waals surface area contributed by atoms with Crippen molar-refractivity contribution < 1.29 is 10.2 Å². The van der Waals surface area contributed by atoms with Crippen molar-refractivity contribution in [2.45, 2.75) is 12.5 Å². The molecule has 0 heterocycles. The Kier molecular flexibility index (Phi) is 1.78. The van der Waals surface area contributed by atoms with E-state index in [1.54, 1.807) is 0 Å². The van der Waals surface area contributed by atoms with Crippen molar-refractivity contribution in [3.63, 3.8) is 0 Å². The SMILES string of the molecule is OC1=C2c3ccccc3-c3cccc(c32)CC1O. The van der Waals surface area contributed by atoms with Crippen molar-refractivity contribution in [3.8, 4) is 11.1 Å². The van der Waals surface area contributed by atoms with Crippen LogP contribution in [0.2, 0.25) is 0 Å². The van der Waals surface area contributed by atoms with E-state index in [0.717, 1.165) is 33.4 Å². The van der Waals surface area contributed by atoms with E-state index >= 15 is 0 Å². The Hall–Kier alpha value is -2.06. The summed E-state index contributed by atoms with van der Waals surface area (Å²) in [6.07, 6.45) is -0.291. The lowest BCUT2D eigenvalue weighted by Gasteiger charge is -2.22. The minimum absolute atomic E-state index is 0.111. The van der Waals surface area contributed by atoms with Gasteiger partial charge in [-0.3, -0.25) is 0 Å². The average molecular weight is 236 g/mol. The summed E-state index contributed by atoms with van der Waals surface area (Å²) in [5, 5.41) is 20.2. The monoisotopic (exact) mass is 236 g/mol. The van der Waals surface area contributed by atoms with Crippen LogP contribution in [0.4, 0.5) is 0 Å². The second-order valence-corrected chi connectivity index (χ2v) is 4.87. The van der Waals surface area contributed by atoms with Crippen LogP contribution in [0, 0.1) is 0 Å². The molecule has 1 unspecified atom stereocenters. The fraction of sp³-hybridized carbons (Fsp3) is 0.125. The summed E-state index contributed by atoms with van der Waals surface area (Å²) >= 11 is 0. The van der Waals surface area contributed by atoms with E-state index in [1.165, 1.54) is 0 Å². The minimum atomic E-state index is -0.783. The molecule has 2 aromatic rings. The first kappa shape index (κ1) is 9.92. The topological polar surface area (TPSA) is 40.5 Å². The molecule has 2 heteroatoms. The molecule has 2 aliphatic carbocycles. The summed E-state index contributed by atoms with van der Waals surface area (Å²) in [5.41, 5.74) is 6.36. The van der Waals surface area contributed by atoms with Gasteiger partial charge in [0.2, 0.25) is 0 Å². The third-order valence-electron chi connectivity index (χ3n) is 3.87. The maximum absolute atomic E-state index is 10.2. The smallest absolute Gasteiger partial charge is 0.130 e. The van der Waals surface area contributed by atoms with Gasteiger partial charge in [0.1, 0.15) is 11.9 Å². The molecule has 2 aliphatic rings. The van der Waals surface area contributed by atoms with Gasteiger partial charge in [-0.05, 0) is 27.8 Å². The molecule has 0 amide bonds. The molecule has 0 spiro atoms. The second-order valence-electron chi connectivity index (χ2n) is 4.87. The van der Waals surface area contributed by atoms with E-state index in [1.807, 2.05) is 30.3 Å². The molecular formula is C16H12O2. The Labute approximate surface area is 105 Å². The van der Waals surface area contributed by atoms with Crippen LogP contribution in [0.15, 0.2) is 48.2 Å². The Morgan fingerprint density at radius 2 is 1.61 bits per heavy atom. The number of fused-ring (bicyclic) bond motifs is 3. The molecule has 0 aliphatic heterocycles. The first-order chi connectivity index (χ1) is 8.77. The van der Waals surface area contributed by atoms with Gasteiger partial charge in [0.25, 0.3) is 0 Å². The van der Waals surface area contributed by atoms with Gasteiger partial charge in [0.15, 0.2) is 0 Å². The van der Waals surface area contributed by atoms with Crippen molar-refractivity contribution in [2.75, 3.05) is 0 Å². The highest BCUT2D eigenvalue weighted by Crippen LogP contribution is 2.49. The van der Waals surface area contributed by atoms with E-state index in [2.05, 4.69) is 12.1 Å². The number of rotatable bonds is 0. The standard InChI is InChI=1S/C16H12O2/c17-13-8-9-4-3-7-11-10-5-1-2-6-12(10)15(14(9)11)16(13)18/h1-7,13,17-18H,8H2. The second kappa shape index (κ2) is 3.24. The van der Waals surface area contributed by atoms with Crippen LogP contribution >= 0.6 is 0 Å². The van der Waals surface area contributed by atoms with E-state index in [0.29, 0.717) is 6.42 Å². The lowest BCUT2D eigenvalue weighted by Crippen LogP contribution is -2.20. The highest BCUT2D eigenvalue weighted by Gasteiger charge is 2.34. The molecular weight excluding hydrogens is 224 g/mol. The van der Waals surface area contributed by atoms with Crippen molar-refractivity contribution in [1.29, 1.82) is 0 Å². The predicted molar refractivity (Wildman–Crippen MR) is 70.2 cm³/mol. The fourth-order valence-corrected chi connectivity index (χ4v) is 3.10. The zero-order chi connectivity index (χ0) is 12.3. The number of hydrogen-bond acceptors (Lipinski definition) is 2. The quantitative estimate of drug-likeness (QED) is 0.630. The van der Waals surface area contributed by atoms with Gasteiger partial charge in [0.05, 0.1) is 0 Å². The van der Waals surface area contributed by atoms with Crippen LogP contribution in [0.25, 0.3) is 16.7 Å². The minimum Gasteiger partial charge on any atom is -0.509 e. The summed E-state index contributed by atoms with van der Waals surface area (Å²) < 4.78 is 0. The zero-order valence-corrected chi connectivity index (χ0v) is 9.72. The van der Waals surface area contributed by atoms with E-state index < -0.39 is 6.10 Å². The van der Waals surface area contributed by atoms with Crippen molar-refractivity contribution in [2.24, 2.45) is 0 Å². The molecule has 0 bridgehead atoms. The van der Waals surface area contributed by atoms with Crippen LogP contribution in [-0.4, -0.2) is 16.3 Å². The van der Waals surface area contributed by atoms with Crippen molar-refractivity contribution >= 4 is 5.57 Å². The highest BCUT2D eigenvalue weighted by molar-refractivity contribution is 6.03. The number of aliphatic hydroxyl groups excluding tert-OH is 2. The summed E-state index contributed by atoms with van der Waals surface area (Å²) in [6.45, 7) is 0. The van der Waals surface area contributed by atoms with Gasteiger partial charge in [-0.25, -0.2) is 0 Å². The van der Waals surface area contributed by atoms with E-state index in [-0.39, 0.29) is 5.76 Å². The maximum Gasteiger partial charge on any atom is 0.130 e. The first-order valence-electron chi connectivity index (χ1n) is 6.10. The third-order valence-corrected chi connectivity index (χ3v) is 3.87. The molecule has 88 valence electrons. The van der Waals surface area contributed by atoms with Crippen LogP contribution in [0.3, 0.4) is 0 Å². The van der Waals surface area contributed by atoms with Crippen LogP contribution < -0.4 is 0 Å². The Balaban J connectivity index is 2.19. The molecule has 0 saturated carbocycles. The van der Waals surface area contributed by atoms with Gasteiger partial charge < -0.3 is 10.2 Å². The predicted octanol–water partition coefficient (Wildman–Crippen LogP) is 2.90. The fourth-order valence-electron chi connectivity index (χ4n) is 3.10. The summed E-state index contributed by atoms with van der Waals surface area (Å²) in [4.78, 5) is 0. The third kappa shape index (κ3) is 1.06. The lowest BCUT2D eigenvalue weighted by molar-refractivity contribution is 0.152. The van der Waals surface area contributed by atoms with Gasteiger partial charge in [-0.15, -0.1) is 0 Å². The molecule has 0 fully saturated rings. The first-order valence-corrected chi connectivity index (χ1v) is 6.10. The van der Waals surface area contributed by atoms with Crippen molar-refractivity contribution in [3.05, 3.63) is 64.9 Å². The van der Waals surface area contributed by atoms with Crippen LogP contribution in [0.1, 0.15) is 16.7 Å². The molecule has 0 saturated heterocycles. The van der Waals surface area contributed by atoms with Gasteiger partial charge in [0, 0.05) is 12.0 Å². The molecule has 18 heavy (non-hydrogen) atoms. The molecule has 0 radical (unpaired) electrons. The summed E-state index contributed by atoms with van der Waals surface area (Å²) in [6, 6.07) is 14.2. The Morgan fingerprint density at radius 3 is 2.44 bits per heavy atom. The largest absolute Gasteiger partial charge is 0.509 e. The molecule has 4 rings (SSSR count). The van der Waals surface area contributed by atoms with Crippen molar-refractivity contribution in [1.82, 2.24) is 0 Å².